The predicted octanol–water partition coefficient (Wildman–Crippen LogP) is 0.956. The molecule has 3 N–H and O–H groups in total. The summed E-state index contributed by atoms with van der Waals surface area (Å²) in [6, 6.07) is 2.34. The molecule has 0 spiro atoms. The van der Waals surface area contributed by atoms with Gasteiger partial charge in [0.15, 0.2) is 5.69 Å². The minimum absolute atomic E-state index is 0.138. The lowest BCUT2D eigenvalue weighted by molar-refractivity contribution is -0.389. The van der Waals surface area contributed by atoms with Gasteiger partial charge in [-0.3, -0.25) is 4.79 Å². The van der Waals surface area contributed by atoms with Crippen LogP contribution in [0, 0.1) is 10.1 Å². The molecule has 1 heterocycles. The van der Waals surface area contributed by atoms with Crippen LogP contribution in [0.15, 0.2) is 12.1 Å². The van der Waals surface area contributed by atoms with E-state index >= 15 is 0 Å². The van der Waals surface area contributed by atoms with Crippen LogP contribution in [-0.4, -0.2) is 33.1 Å². The molecular weight excluding hydrogens is 238 g/mol. The Labute approximate surface area is 103 Å². The number of aromatic amines is 1. The topological polar surface area (TPSA) is 108 Å². The molecule has 0 bridgehead atoms. The molecule has 1 aromatic rings. The van der Waals surface area contributed by atoms with Gasteiger partial charge in [0.2, 0.25) is 0 Å². The van der Waals surface area contributed by atoms with E-state index in [2.05, 4.69) is 10.3 Å². The van der Waals surface area contributed by atoms with Gasteiger partial charge in [0, 0.05) is 6.07 Å². The van der Waals surface area contributed by atoms with Crippen LogP contribution in [0.25, 0.3) is 0 Å². The summed E-state index contributed by atoms with van der Waals surface area (Å²) < 4.78 is 0. The summed E-state index contributed by atoms with van der Waals surface area (Å²) in [6.07, 6.45) is 2.80. The minimum Gasteiger partial charge on any atom is -0.391 e. The summed E-state index contributed by atoms with van der Waals surface area (Å²) in [5.41, 5.74) is 0.138. The van der Waals surface area contributed by atoms with Gasteiger partial charge in [-0.1, -0.05) is 12.8 Å². The van der Waals surface area contributed by atoms with Crippen molar-refractivity contribution >= 4 is 11.7 Å². The number of aromatic nitrogens is 1. The Morgan fingerprint density at radius 1 is 1.44 bits per heavy atom. The van der Waals surface area contributed by atoms with Gasteiger partial charge < -0.3 is 20.5 Å². The average Bonchev–Trinajstić information content (AvgIpc) is 2.81. The molecule has 1 aliphatic carbocycles. The number of carbonyl (C=O) groups excluding carboxylic acids is 1. The number of rotatable bonds is 3. The van der Waals surface area contributed by atoms with Gasteiger partial charge in [-0.2, -0.15) is 0 Å². The van der Waals surface area contributed by atoms with Crippen molar-refractivity contribution in [3.05, 3.63) is 27.9 Å². The highest BCUT2D eigenvalue weighted by atomic mass is 16.6. The third-order valence-corrected chi connectivity index (χ3v) is 3.16. The van der Waals surface area contributed by atoms with Crippen molar-refractivity contribution < 1.29 is 14.8 Å². The average molecular weight is 253 g/mol. The Bertz CT molecular complexity index is 457. The number of nitrogens with zero attached hydrogens (tertiary/aromatic N) is 1. The molecule has 2 rings (SSSR count). The first-order chi connectivity index (χ1) is 8.58. The minimum atomic E-state index is -0.591. The highest BCUT2D eigenvalue weighted by Crippen LogP contribution is 2.19. The Kier molecular flexibility index (Phi) is 3.61. The second kappa shape index (κ2) is 5.18. The molecule has 0 aromatic carbocycles. The molecule has 0 radical (unpaired) electrons. The number of aliphatic hydroxyl groups excluding tert-OH is 1. The monoisotopic (exact) mass is 253 g/mol. The fourth-order valence-corrected chi connectivity index (χ4v) is 2.15. The van der Waals surface area contributed by atoms with Gasteiger partial charge in [-0.05, 0) is 23.8 Å². The lowest BCUT2D eigenvalue weighted by Gasteiger charge is -2.27. The van der Waals surface area contributed by atoms with Gasteiger partial charge in [0.1, 0.15) is 0 Å². The van der Waals surface area contributed by atoms with Crippen LogP contribution in [0.4, 0.5) is 5.82 Å². The fourth-order valence-electron chi connectivity index (χ4n) is 2.15. The number of H-pyrrole nitrogens is 1. The van der Waals surface area contributed by atoms with Crippen molar-refractivity contribution in [2.24, 2.45) is 0 Å². The number of nitro groups is 1. The number of aliphatic hydroxyl groups is 1. The van der Waals surface area contributed by atoms with E-state index in [0.29, 0.717) is 6.42 Å². The quantitative estimate of drug-likeness (QED) is 0.550. The number of amides is 1. The molecule has 1 aromatic heterocycles. The molecule has 1 amide bonds. The second-order valence-corrected chi connectivity index (χ2v) is 4.45. The second-order valence-electron chi connectivity index (χ2n) is 4.45. The summed E-state index contributed by atoms with van der Waals surface area (Å²) in [5, 5.41) is 22.9. The summed E-state index contributed by atoms with van der Waals surface area (Å²) in [4.78, 5) is 24.1. The molecule has 1 fully saturated rings. The molecule has 98 valence electrons. The van der Waals surface area contributed by atoms with Crippen LogP contribution in [0.5, 0.6) is 0 Å². The highest BCUT2D eigenvalue weighted by molar-refractivity contribution is 5.93. The van der Waals surface area contributed by atoms with E-state index in [-0.39, 0.29) is 17.6 Å². The van der Waals surface area contributed by atoms with Crippen LogP contribution in [-0.2, 0) is 0 Å². The Balaban J connectivity index is 2.00. The first-order valence-electron chi connectivity index (χ1n) is 5.90. The van der Waals surface area contributed by atoms with Gasteiger partial charge >= 0.3 is 5.82 Å². The molecule has 7 nitrogen and oxygen atoms in total. The zero-order chi connectivity index (χ0) is 13.1. The van der Waals surface area contributed by atoms with Crippen molar-refractivity contribution in [2.45, 2.75) is 37.8 Å². The predicted molar refractivity (Wildman–Crippen MR) is 63.2 cm³/mol. The van der Waals surface area contributed by atoms with Crippen molar-refractivity contribution in [3.8, 4) is 0 Å². The van der Waals surface area contributed by atoms with E-state index in [1.807, 2.05) is 0 Å². The largest absolute Gasteiger partial charge is 0.391 e. The first-order valence-corrected chi connectivity index (χ1v) is 5.90. The van der Waals surface area contributed by atoms with Gasteiger partial charge in [-0.15, -0.1) is 0 Å². The molecule has 1 saturated carbocycles. The zero-order valence-electron chi connectivity index (χ0n) is 9.76. The molecule has 2 atom stereocenters. The third-order valence-electron chi connectivity index (χ3n) is 3.16. The van der Waals surface area contributed by atoms with Crippen LogP contribution < -0.4 is 5.32 Å². The van der Waals surface area contributed by atoms with Crippen molar-refractivity contribution in [1.82, 2.24) is 10.3 Å². The number of nitrogens with one attached hydrogen (secondary N) is 2. The third kappa shape index (κ3) is 2.67. The normalized spacial score (nSPS) is 23.6. The molecular formula is C11H15N3O4. The van der Waals surface area contributed by atoms with Crippen LogP contribution >= 0.6 is 0 Å². The van der Waals surface area contributed by atoms with E-state index in [0.717, 1.165) is 19.3 Å². The van der Waals surface area contributed by atoms with Crippen molar-refractivity contribution in [3.63, 3.8) is 0 Å². The van der Waals surface area contributed by atoms with E-state index in [1.165, 1.54) is 12.1 Å². The molecule has 7 heteroatoms. The summed E-state index contributed by atoms with van der Waals surface area (Å²) >= 11 is 0. The maximum absolute atomic E-state index is 11.8. The van der Waals surface area contributed by atoms with E-state index in [9.17, 15) is 20.0 Å². The fraction of sp³-hybridized carbons (Fsp3) is 0.545. The summed E-state index contributed by atoms with van der Waals surface area (Å²) in [6.45, 7) is 0. The number of hydrogen-bond acceptors (Lipinski definition) is 4. The number of hydrogen-bond donors (Lipinski definition) is 3. The van der Waals surface area contributed by atoms with E-state index < -0.39 is 16.9 Å². The molecule has 1 aliphatic rings. The van der Waals surface area contributed by atoms with Crippen LogP contribution in [0.1, 0.15) is 36.2 Å². The highest BCUT2D eigenvalue weighted by Gasteiger charge is 2.26. The van der Waals surface area contributed by atoms with Gasteiger partial charge in [0.05, 0.1) is 12.1 Å². The zero-order valence-corrected chi connectivity index (χ0v) is 9.76. The molecule has 0 saturated heterocycles. The first kappa shape index (κ1) is 12.6. The van der Waals surface area contributed by atoms with Crippen molar-refractivity contribution in [1.29, 1.82) is 0 Å². The van der Waals surface area contributed by atoms with Crippen LogP contribution in [0.3, 0.4) is 0 Å². The molecule has 0 unspecified atom stereocenters. The summed E-state index contributed by atoms with van der Waals surface area (Å²) in [5.74, 6) is -0.640. The molecule has 18 heavy (non-hydrogen) atoms. The van der Waals surface area contributed by atoms with Gasteiger partial charge in [0.25, 0.3) is 5.91 Å². The lowest BCUT2D eigenvalue weighted by atomic mass is 9.92. The van der Waals surface area contributed by atoms with Gasteiger partial charge in [-0.25, -0.2) is 4.98 Å². The molecule has 0 aliphatic heterocycles. The maximum Gasteiger partial charge on any atom is 0.321 e. The SMILES string of the molecule is O=C(N[C@H]1CCCC[C@@H]1O)c1ccc([N+](=O)[O-])[nH]1. The van der Waals surface area contributed by atoms with Crippen molar-refractivity contribution in [2.75, 3.05) is 0 Å². The Morgan fingerprint density at radius 2 is 2.17 bits per heavy atom. The van der Waals surface area contributed by atoms with Crippen LogP contribution in [0.2, 0.25) is 0 Å². The smallest absolute Gasteiger partial charge is 0.321 e. The maximum atomic E-state index is 11.8. The van der Waals surface area contributed by atoms with E-state index in [1.54, 1.807) is 0 Å². The van der Waals surface area contributed by atoms with E-state index in [4.69, 9.17) is 0 Å². The Hall–Kier alpha value is -1.89. The number of carbonyl (C=O) groups is 1. The standard InChI is InChI=1S/C11H15N3O4/c15-9-4-2-1-3-7(9)13-11(16)8-5-6-10(12-8)14(17)18/h5-7,9,12,15H,1-4H2,(H,13,16)/t7-,9-/m0/s1. The lowest BCUT2D eigenvalue weighted by Crippen LogP contribution is -2.45. The summed E-state index contributed by atoms with van der Waals surface area (Å²) in [7, 11) is 0. The Morgan fingerprint density at radius 3 is 2.78 bits per heavy atom.